The molecule has 0 aliphatic carbocycles. The van der Waals surface area contributed by atoms with Crippen molar-refractivity contribution >= 4 is 12.0 Å². The van der Waals surface area contributed by atoms with E-state index < -0.39 is 12.0 Å². The van der Waals surface area contributed by atoms with Crippen LogP contribution >= 0.6 is 0 Å². The van der Waals surface area contributed by atoms with Gasteiger partial charge in [-0.05, 0) is 12.5 Å². The lowest BCUT2D eigenvalue weighted by molar-refractivity contribution is -0.141. The minimum atomic E-state index is -1.000. The Kier molecular flexibility index (Phi) is 4.80. The molecule has 0 saturated carbocycles. The molecule has 0 radical (unpaired) electrons. The van der Waals surface area contributed by atoms with Gasteiger partial charge >= 0.3 is 12.0 Å². The number of urea groups is 1. The van der Waals surface area contributed by atoms with Crippen molar-refractivity contribution in [3.8, 4) is 0 Å². The van der Waals surface area contributed by atoms with Crippen molar-refractivity contribution in [3.63, 3.8) is 0 Å². The van der Waals surface area contributed by atoms with Crippen LogP contribution in [0.1, 0.15) is 17.5 Å². The zero-order chi connectivity index (χ0) is 15.4. The Bertz CT molecular complexity index is 532. The number of carboxylic acids is 1. The normalized spacial score (nSPS) is 21.3. The summed E-state index contributed by atoms with van der Waals surface area (Å²) in [6.07, 6.45) is 0.0970. The van der Waals surface area contributed by atoms with Crippen LogP contribution in [0.15, 0.2) is 24.3 Å². The number of carbonyl (C=O) groups excluding carboxylic acids is 1. The molecule has 0 bridgehead atoms. The first-order valence-corrected chi connectivity index (χ1v) is 6.87. The smallest absolute Gasteiger partial charge is 0.326 e. The Morgan fingerprint density at radius 3 is 2.86 bits per heavy atom. The molecule has 2 atom stereocenters. The standard InChI is InChI=1S/C15H20N2O4/c1-10-4-3-5-11(6-10)8-16-15(20)17-9-12(21-2)7-13(17)14(18)19/h3-6,12-13H,7-9H2,1-2H3,(H,16,20)(H,18,19). The van der Waals surface area contributed by atoms with Gasteiger partial charge in [-0.25, -0.2) is 9.59 Å². The summed E-state index contributed by atoms with van der Waals surface area (Å²) in [5.74, 6) is -1.000. The second-order valence-electron chi connectivity index (χ2n) is 5.25. The average molecular weight is 292 g/mol. The molecular formula is C15H20N2O4. The maximum absolute atomic E-state index is 12.2. The largest absolute Gasteiger partial charge is 0.480 e. The van der Waals surface area contributed by atoms with Gasteiger partial charge in [0.1, 0.15) is 6.04 Å². The number of nitrogens with one attached hydrogen (secondary N) is 1. The van der Waals surface area contributed by atoms with Gasteiger partial charge in [0.25, 0.3) is 0 Å². The van der Waals surface area contributed by atoms with Crippen molar-refractivity contribution < 1.29 is 19.4 Å². The molecule has 1 heterocycles. The highest BCUT2D eigenvalue weighted by Gasteiger charge is 2.39. The van der Waals surface area contributed by atoms with Gasteiger partial charge in [0, 0.05) is 26.6 Å². The molecule has 6 nitrogen and oxygen atoms in total. The third-order valence-corrected chi connectivity index (χ3v) is 3.67. The number of rotatable bonds is 4. The lowest BCUT2D eigenvalue weighted by Gasteiger charge is -2.21. The second-order valence-corrected chi connectivity index (χ2v) is 5.25. The topological polar surface area (TPSA) is 78.9 Å². The van der Waals surface area contributed by atoms with Crippen LogP contribution in [-0.2, 0) is 16.1 Å². The molecule has 2 amide bonds. The number of likely N-dealkylation sites (tertiary alicyclic amines) is 1. The van der Waals surface area contributed by atoms with Gasteiger partial charge < -0.3 is 20.1 Å². The van der Waals surface area contributed by atoms with E-state index in [-0.39, 0.29) is 12.1 Å². The first kappa shape index (κ1) is 15.3. The second kappa shape index (κ2) is 6.58. The molecule has 1 aromatic carbocycles. The number of carbonyl (C=O) groups is 2. The van der Waals surface area contributed by atoms with E-state index in [4.69, 9.17) is 4.74 Å². The van der Waals surface area contributed by atoms with Gasteiger partial charge in [0.2, 0.25) is 0 Å². The monoisotopic (exact) mass is 292 g/mol. The highest BCUT2D eigenvalue weighted by Crippen LogP contribution is 2.20. The van der Waals surface area contributed by atoms with Crippen LogP contribution in [0.5, 0.6) is 0 Å². The molecule has 114 valence electrons. The third-order valence-electron chi connectivity index (χ3n) is 3.67. The van der Waals surface area contributed by atoms with Crippen LogP contribution in [0, 0.1) is 6.92 Å². The molecule has 1 aromatic rings. The first-order chi connectivity index (χ1) is 10.0. The summed E-state index contributed by atoms with van der Waals surface area (Å²) in [4.78, 5) is 24.7. The number of benzene rings is 1. The van der Waals surface area contributed by atoms with Crippen LogP contribution in [0.2, 0.25) is 0 Å². The van der Waals surface area contributed by atoms with Crippen LogP contribution in [0.4, 0.5) is 4.79 Å². The van der Waals surface area contributed by atoms with Crippen molar-refractivity contribution in [2.45, 2.75) is 32.0 Å². The number of ether oxygens (including phenoxy) is 1. The highest BCUT2D eigenvalue weighted by molar-refractivity contribution is 5.83. The summed E-state index contributed by atoms with van der Waals surface area (Å²) in [6.45, 7) is 2.66. The number of hydrogen-bond donors (Lipinski definition) is 2. The van der Waals surface area contributed by atoms with Crippen molar-refractivity contribution in [1.82, 2.24) is 10.2 Å². The van der Waals surface area contributed by atoms with Crippen molar-refractivity contribution in [2.75, 3.05) is 13.7 Å². The predicted octanol–water partition coefficient (Wildman–Crippen LogP) is 1.38. The predicted molar refractivity (Wildman–Crippen MR) is 77.0 cm³/mol. The zero-order valence-electron chi connectivity index (χ0n) is 12.2. The Labute approximate surface area is 123 Å². The zero-order valence-corrected chi connectivity index (χ0v) is 12.2. The fraction of sp³-hybridized carbons (Fsp3) is 0.467. The number of methoxy groups -OCH3 is 1. The lowest BCUT2D eigenvalue weighted by atomic mass is 10.1. The lowest BCUT2D eigenvalue weighted by Crippen LogP contribution is -2.46. The fourth-order valence-electron chi connectivity index (χ4n) is 2.53. The Morgan fingerprint density at radius 1 is 1.48 bits per heavy atom. The molecule has 21 heavy (non-hydrogen) atoms. The molecule has 2 N–H and O–H groups in total. The van der Waals surface area contributed by atoms with Gasteiger partial charge in [-0.3, -0.25) is 0 Å². The quantitative estimate of drug-likeness (QED) is 0.878. The van der Waals surface area contributed by atoms with Gasteiger partial charge in [0.15, 0.2) is 0 Å². The summed E-state index contributed by atoms with van der Waals surface area (Å²) < 4.78 is 5.17. The van der Waals surface area contributed by atoms with E-state index in [9.17, 15) is 14.7 Å². The van der Waals surface area contributed by atoms with E-state index in [0.717, 1.165) is 11.1 Å². The minimum absolute atomic E-state index is 0.226. The molecule has 2 rings (SSSR count). The van der Waals surface area contributed by atoms with E-state index in [1.165, 1.54) is 12.0 Å². The van der Waals surface area contributed by atoms with E-state index in [1.54, 1.807) is 0 Å². The van der Waals surface area contributed by atoms with Crippen LogP contribution in [-0.4, -0.2) is 47.8 Å². The molecule has 1 fully saturated rings. The fourth-order valence-corrected chi connectivity index (χ4v) is 2.53. The summed E-state index contributed by atoms with van der Waals surface area (Å²) in [7, 11) is 1.53. The molecule has 0 aromatic heterocycles. The Hall–Kier alpha value is -2.08. The van der Waals surface area contributed by atoms with Crippen LogP contribution in [0.25, 0.3) is 0 Å². The molecule has 6 heteroatoms. The number of aryl methyl sites for hydroxylation is 1. The van der Waals surface area contributed by atoms with Gasteiger partial charge in [0.05, 0.1) is 6.10 Å². The Morgan fingerprint density at radius 2 is 2.24 bits per heavy atom. The van der Waals surface area contributed by atoms with Crippen LogP contribution < -0.4 is 5.32 Å². The minimum Gasteiger partial charge on any atom is -0.480 e. The first-order valence-electron chi connectivity index (χ1n) is 6.87. The van der Waals surface area contributed by atoms with Gasteiger partial charge in [-0.1, -0.05) is 29.8 Å². The van der Waals surface area contributed by atoms with Crippen LogP contribution in [0.3, 0.4) is 0 Å². The molecule has 0 spiro atoms. The molecule has 1 saturated heterocycles. The average Bonchev–Trinajstić information content (AvgIpc) is 2.89. The number of carboxylic acid groups (broad SMARTS) is 1. The van der Waals surface area contributed by atoms with Crippen molar-refractivity contribution in [2.24, 2.45) is 0 Å². The number of amides is 2. The maximum atomic E-state index is 12.2. The third kappa shape index (κ3) is 3.72. The molecule has 1 aliphatic rings. The Balaban J connectivity index is 1.97. The molecule has 2 unspecified atom stereocenters. The highest BCUT2D eigenvalue weighted by atomic mass is 16.5. The van der Waals surface area contributed by atoms with E-state index in [1.807, 2.05) is 31.2 Å². The van der Waals surface area contributed by atoms with E-state index >= 15 is 0 Å². The molecular weight excluding hydrogens is 272 g/mol. The molecule has 1 aliphatic heterocycles. The van der Waals surface area contributed by atoms with Gasteiger partial charge in [-0.2, -0.15) is 0 Å². The van der Waals surface area contributed by atoms with Crippen molar-refractivity contribution in [3.05, 3.63) is 35.4 Å². The summed E-state index contributed by atoms with van der Waals surface area (Å²) in [5, 5.41) is 12.0. The number of hydrogen-bond acceptors (Lipinski definition) is 3. The van der Waals surface area contributed by atoms with E-state index in [2.05, 4.69) is 5.32 Å². The number of aliphatic carboxylic acids is 1. The summed E-state index contributed by atoms with van der Waals surface area (Å²) in [6, 6.07) is 6.61. The van der Waals surface area contributed by atoms with Gasteiger partial charge in [-0.15, -0.1) is 0 Å². The van der Waals surface area contributed by atoms with Crippen molar-refractivity contribution in [1.29, 1.82) is 0 Å². The number of nitrogens with zero attached hydrogens (tertiary/aromatic N) is 1. The summed E-state index contributed by atoms with van der Waals surface area (Å²) in [5.41, 5.74) is 2.10. The van der Waals surface area contributed by atoms with E-state index in [0.29, 0.717) is 19.5 Å². The maximum Gasteiger partial charge on any atom is 0.326 e. The SMILES string of the molecule is COC1CC(C(=O)O)N(C(=O)NCc2cccc(C)c2)C1. The summed E-state index contributed by atoms with van der Waals surface area (Å²) >= 11 is 0.